The van der Waals surface area contributed by atoms with Crippen molar-refractivity contribution in [2.45, 2.75) is 13.8 Å². The fourth-order valence-corrected chi connectivity index (χ4v) is 1.04. The summed E-state index contributed by atoms with van der Waals surface area (Å²) in [5.74, 6) is 1.35. The summed E-state index contributed by atoms with van der Waals surface area (Å²) in [5, 5.41) is 7.50. The molecule has 0 amide bonds. The molecule has 0 aromatic carbocycles. The van der Waals surface area contributed by atoms with Gasteiger partial charge in [0.15, 0.2) is 0 Å². The Labute approximate surface area is 93.8 Å². The van der Waals surface area contributed by atoms with Crippen molar-refractivity contribution in [3.8, 4) is 0 Å². The van der Waals surface area contributed by atoms with Gasteiger partial charge in [0.05, 0.1) is 11.5 Å². The minimum absolute atomic E-state index is 0. The molecule has 0 bridgehead atoms. The van der Waals surface area contributed by atoms with Crippen molar-refractivity contribution < 1.29 is 27.9 Å². The second-order valence-electron chi connectivity index (χ2n) is 2.89. The Morgan fingerprint density at radius 1 is 1.00 bits per heavy atom. The molecule has 14 heavy (non-hydrogen) atoms. The molecule has 5 heteroatoms. The minimum atomic E-state index is 0. The second-order valence-corrected chi connectivity index (χ2v) is 2.89. The predicted octanol–water partition coefficient (Wildman–Crippen LogP) is -1.12. The average Bonchev–Trinajstić information content (AvgIpc) is 2.62. The molecular weight excluding hydrogens is 175 g/mol. The van der Waals surface area contributed by atoms with Crippen molar-refractivity contribution in [1.82, 2.24) is 10.3 Å². The van der Waals surface area contributed by atoms with Gasteiger partial charge in [0.2, 0.25) is 0 Å². The monoisotopic (exact) mass is 184 g/mol. The van der Waals surface area contributed by atoms with Crippen LogP contribution in [0.2, 0.25) is 0 Å². The molecule has 0 aliphatic rings. The zero-order valence-corrected chi connectivity index (χ0v) is 8.44. The van der Waals surface area contributed by atoms with Crippen LogP contribution in [0.1, 0.15) is 22.9 Å². The largest absolute Gasteiger partial charge is 1.00 e. The molecule has 0 N–H and O–H groups in total. The molecule has 0 fully saturated rings. The maximum absolute atomic E-state index is 4.98. The van der Waals surface area contributed by atoms with Gasteiger partial charge >= 0.3 is 18.9 Å². The number of hydrogen-bond acceptors (Lipinski definition) is 4. The normalized spacial score (nSPS) is 9.57. The van der Waals surface area contributed by atoms with Crippen molar-refractivity contribution in [1.29, 1.82) is 0 Å². The van der Waals surface area contributed by atoms with Crippen LogP contribution in [0.25, 0.3) is 0 Å². The fourth-order valence-electron chi connectivity index (χ4n) is 1.04. The van der Waals surface area contributed by atoms with E-state index in [0.717, 1.165) is 11.4 Å². The number of aryl methyl sites for hydroxylation is 2. The third kappa shape index (κ3) is 2.44. The molecule has 0 saturated heterocycles. The molecule has 0 saturated carbocycles. The molecule has 0 radical (unpaired) electrons. The van der Waals surface area contributed by atoms with Gasteiger partial charge in [-0.2, -0.15) is 0 Å². The number of aromatic nitrogens is 2. The first kappa shape index (κ1) is 11.0. The van der Waals surface area contributed by atoms with Gasteiger partial charge in [-0.15, -0.1) is 10.3 Å². The Morgan fingerprint density at radius 2 is 1.43 bits per heavy atom. The van der Waals surface area contributed by atoms with Crippen molar-refractivity contribution in [3.05, 3.63) is 41.5 Å². The molecule has 0 spiro atoms. The topological polar surface area (TPSA) is 52.1 Å². The van der Waals surface area contributed by atoms with E-state index in [-0.39, 0.29) is 18.9 Å². The fraction of sp³-hybridized carbons (Fsp3) is 0.222. The molecular formula is C9H9LiN2O2. The van der Waals surface area contributed by atoms with Gasteiger partial charge in [0.25, 0.3) is 0 Å². The van der Waals surface area contributed by atoms with Crippen LogP contribution in [0, 0.1) is 20.3 Å². The van der Waals surface area contributed by atoms with E-state index in [2.05, 4.69) is 10.3 Å². The van der Waals surface area contributed by atoms with E-state index in [1.807, 2.05) is 26.0 Å². The Morgan fingerprint density at radius 3 is 1.71 bits per heavy atom. The van der Waals surface area contributed by atoms with Gasteiger partial charge in [-0.05, 0) is 13.8 Å². The zero-order valence-electron chi connectivity index (χ0n) is 8.44. The molecule has 2 rings (SSSR count). The number of rotatable bonds is 2. The molecule has 4 nitrogen and oxygen atoms in total. The van der Waals surface area contributed by atoms with E-state index in [1.165, 1.54) is 0 Å². The summed E-state index contributed by atoms with van der Waals surface area (Å²) < 4.78 is 9.97. The van der Waals surface area contributed by atoms with Gasteiger partial charge < -0.3 is 9.05 Å². The molecule has 0 aliphatic carbocycles. The standard InChI is InChI=1S/C9H9N2O2.Li/c1-6-3-8(12-10-6)5-9-4-7(2)11-13-9;/h3-5H,1-2H3;/q-1;+1. The summed E-state index contributed by atoms with van der Waals surface area (Å²) in [4.78, 5) is 0. The minimum Gasteiger partial charge on any atom is -0.384 e. The summed E-state index contributed by atoms with van der Waals surface area (Å²) in [6.07, 6.45) is 1.75. The van der Waals surface area contributed by atoms with Crippen LogP contribution in [0.5, 0.6) is 0 Å². The Kier molecular flexibility index (Phi) is 3.45. The van der Waals surface area contributed by atoms with E-state index in [9.17, 15) is 0 Å². The van der Waals surface area contributed by atoms with Gasteiger partial charge in [0, 0.05) is 11.4 Å². The van der Waals surface area contributed by atoms with E-state index in [4.69, 9.17) is 9.05 Å². The number of hydrogen-bond donors (Lipinski definition) is 0. The van der Waals surface area contributed by atoms with Crippen LogP contribution in [-0.2, 0) is 0 Å². The van der Waals surface area contributed by atoms with Crippen LogP contribution in [0.4, 0.5) is 0 Å². The predicted molar refractivity (Wildman–Crippen MR) is 45.0 cm³/mol. The van der Waals surface area contributed by atoms with Gasteiger partial charge in [-0.25, -0.2) is 0 Å². The Bertz CT molecular complexity index is 370. The Balaban J connectivity index is 0.000000980. The van der Waals surface area contributed by atoms with Crippen molar-refractivity contribution >= 4 is 0 Å². The molecule has 2 heterocycles. The van der Waals surface area contributed by atoms with Crippen LogP contribution in [0.3, 0.4) is 0 Å². The van der Waals surface area contributed by atoms with Crippen LogP contribution in [-0.4, -0.2) is 10.3 Å². The molecule has 0 aliphatic heterocycles. The summed E-state index contributed by atoms with van der Waals surface area (Å²) >= 11 is 0. The maximum Gasteiger partial charge on any atom is 1.00 e. The third-order valence-corrected chi connectivity index (χ3v) is 1.58. The van der Waals surface area contributed by atoms with E-state index in [0.29, 0.717) is 11.5 Å². The SMILES string of the molecule is Cc1cc([CH-]c2cc(C)no2)on1.[Li+]. The summed E-state index contributed by atoms with van der Waals surface area (Å²) in [6.45, 7) is 3.74. The quantitative estimate of drug-likeness (QED) is 0.438. The van der Waals surface area contributed by atoms with Crippen LogP contribution >= 0.6 is 0 Å². The molecule has 2 aromatic heterocycles. The van der Waals surface area contributed by atoms with Crippen LogP contribution < -0.4 is 18.9 Å². The van der Waals surface area contributed by atoms with E-state index < -0.39 is 0 Å². The number of nitrogens with zero attached hydrogens (tertiary/aromatic N) is 2. The smallest absolute Gasteiger partial charge is 0.384 e. The van der Waals surface area contributed by atoms with E-state index in [1.54, 1.807) is 6.42 Å². The van der Waals surface area contributed by atoms with Gasteiger partial charge in [-0.3, -0.25) is 0 Å². The van der Waals surface area contributed by atoms with Gasteiger partial charge in [0.1, 0.15) is 0 Å². The van der Waals surface area contributed by atoms with Gasteiger partial charge in [-0.1, -0.05) is 18.6 Å². The average molecular weight is 184 g/mol. The van der Waals surface area contributed by atoms with Crippen molar-refractivity contribution in [2.75, 3.05) is 0 Å². The van der Waals surface area contributed by atoms with Crippen molar-refractivity contribution in [2.24, 2.45) is 0 Å². The van der Waals surface area contributed by atoms with E-state index >= 15 is 0 Å². The van der Waals surface area contributed by atoms with Crippen molar-refractivity contribution in [3.63, 3.8) is 0 Å². The third-order valence-electron chi connectivity index (χ3n) is 1.58. The first-order chi connectivity index (χ1) is 6.24. The Hall–Kier alpha value is -1.11. The molecule has 0 unspecified atom stereocenters. The summed E-state index contributed by atoms with van der Waals surface area (Å²) in [5.41, 5.74) is 1.70. The first-order valence-corrected chi connectivity index (χ1v) is 3.95. The molecule has 0 atom stereocenters. The van der Waals surface area contributed by atoms with Crippen LogP contribution in [0.15, 0.2) is 21.2 Å². The second kappa shape index (κ2) is 4.40. The zero-order chi connectivity index (χ0) is 9.26. The summed E-state index contributed by atoms with van der Waals surface area (Å²) in [6, 6.07) is 3.66. The molecule has 2 aromatic rings. The first-order valence-electron chi connectivity index (χ1n) is 3.95. The molecule has 68 valence electrons. The maximum atomic E-state index is 4.98. The summed E-state index contributed by atoms with van der Waals surface area (Å²) in [7, 11) is 0.